The fourth-order valence-electron chi connectivity index (χ4n) is 8.18. The van der Waals surface area contributed by atoms with E-state index in [1.807, 2.05) is 12.1 Å². The van der Waals surface area contributed by atoms with Gasteiger partial charge in [-0.2, -0.15) is 0 Å². The number of pyridine rings is 1. The van der Waals surface area contributed by atoms with E-state index in [0.29, 0.717) is 35.0 Å². The number of aromatic nitrogens is 1. The number of thioether (sulfide) groups is 1. The largest absolute Gasteiger partial charge is 0.469 e. The van der Waals surface area contributed by atoms with E-state index >= 15 is 0 Å². The minimum atomic E-state index is -0.496. The quantitative estimate of drug-likeness (QED) is 0.502. The number of hydrogen-bond acceptors (Lipinski definition) is 7. The van der Waals surface area contributed by atoms with Gasteiger partial charge in [0.2, 0.25) is 0 Å². The lowest BCUT2D eigenvalue weighted by atomic mass is 9.52. The molecule has 5 aliphatic carbocycles. The van der Waals surface area contributed by atoms with Gasteiger partial charge in [0.05, 0.1) is 24.7 Å². The van der Waals surface area contributed by atoms with Gasteiger partial charge in [0, 0.05) is 24.4 Å². The second-order valence-corrected chi connectivity index (χ2v) is 13.8. The number of carbonyl (C=O) groups excluding carboxylic acids is 2. The third-order valence-electron chi connectivity index (χ3n) is 9.75. The van der Waals surface area contributed by atoms with E-state index in [1.165, 1.54) is 39.2 Å². The van der Waals surface area contributed by atoms with Crippen molar-refractivity contribution in [3.05, 3.63) is 17.7 Å². The van der Waals surface area contributed by atoms with Gasteiger partial charge in [0.1, 0.15) is 10.8 Å². The van der Waals surface area contributed by atoms with Gasteiger partial charge in [-0.3, -0.25) is 9.59 Å². The highest BCUT2D eigenvalue weighted by molar-refractivity contribution is 7.99. The average molecular weight is 528 g/mol. The number of amides is 1. The summed E-state index contributed by atoms with van der Waals surface area (Å²) in [5.41, 5.74) is 0.196. The van der Waals surface area contributed by atoms with Gasteiger partial charge in [-0.05, 0) is 87.2 Å². The Balaban J connectivity index is 1.20. The summed E-state index contributed by atoms with van der Waals surface area (Å²) in [4.78, 5) is 32.8. The molecule has 1 aromatic heterocycles. The Kier molecular flexibility index (Phi) is 7.16. The maximum atomic E-state index is 13.7. The first-order valence-electron chi connectivity index (χ1n) is 14.4. The van der Waals surface area contributed by atoms with Crippen molar-refractivity contribution in [2.24, 2.45) is 23.7 Å². The Bertz CT molecular complexity index is 1010. The fourth-order valence-corrected chi connectivity index (χ4v) is 9.50. The van der Waals surface area contributed by atoms with Crippen molar-refractivity contribution < 1.29 is 19.4 Å². The first-order valence-corrected chi connectivity index (χ1v) is 15.3. The van der Waals surface area contributed by atoms with Crippen LogP contribution >= 0.6 is 11.8 Å². The summed E-state index contributed by atoms with van der Waals surface area (Å²) < 4.78 is 4.87. The van der Waals surface area contributed by atoms with E-state index in [4.69, 9.17) is 9.72 Å². The van der Waals surface area contributed by atoms with Crippen molar-refractivity contribution >= 4 is 29.5 Å². The number of esters is 1. The molecule has 1 saturated heterocycles. The van der Waals surface area contributed by atoms with Crippen LogP contribution in [0.15, 0.2) is 17.2 Å². The molecule has 1 amide bonds. The number of carbonyl (C=O) groups is 2. The fraction of sp³-hybridized carbons (Fsp3) is 0.759. The molecule has 0 aromatic carbocycles. The standard InChI is InChI=1S/C29H41N3O4S/c1-36-25(33)13-18-9-10-32(17-18)24-8-7-23(28(30-24)37-22-5-3-2-4-6-22)27(34)31-26-20-11-19-12-21(26)16-29(35,14-19)15-20/h7-8,18-22,26,35H,2-6,9-17H2,1H3,(H,31,34)/t18-,19?,20?,21?,26-,29-/m0/s1. The molecule has 202 valence electrons. The van der Waals surface area contributed by atoms with Gasteiger partial charge >= 0.3 is 5.97 Å². The molecule has 3 atom stereocenters. The van der Waals surface area contributed by atoms with Crippen LogP contribution in [-0.4, -0.2) is 59.1 Å². The lowest BCUT2D eigenvalue weighted by Crippen LogP contribution is -2.61. The Hall–Kier alpha value is -1.80. The Labute approximate surface area is 224 Å². The van der Waals surface area contributed by atoms with E-state index < -0.39 is 5.60 Å². The highest BCUT2D eigenvalue weighted by Gasteiger charge is 2.55. The highest BCUT2D eigenvalue weighted by Crippen LogP contribution is 2.55. The molecule has 8 heteroatoms. The lowest BCUT2D eigenvalue weighted by Gasteiger charge is -2.58. The van der Waals surface area contributed by atoms with E-state index in [1.54, 1.807) is 11.8 Å². The molecule has 37 heavy (non-hydrogen) atoms. The molecule has 2 unspecified atom stereocenters. The van der Waals surface area contributed by atoms with Crippen LogP contribution in [0, 0.1) is 23.7 Å². The minimum absolute atomic E-state index is 0.00758. The maximum Gasteiger partial charge on any atom is 0.305 e. The summed E-state index contributed by atoms with van der Waals surface area (Å²) in [6.45, 7) is 1.65. The number of ether oxygens (including phenoxy) is 1. The molecule has 6 fully saturated rings. The monoisotopic (exact) mass is 527 g/mol. The van der Waals surface area contributed by atoms with Crippen molar-refractivity contribution in [2.75, 3.05) is 25.1 Å². The van der Waals surface area contributed by atoms with Crippen LogP contribution in [0.3, 0.4) is 0 Å². The number of nitrogens with zero attached hydrogens (tertiary/aromatic N) is 2. The number of methoxy groups -OCH3 is 1. The summed E-state index contributed by atoms with van der Waals surface area (Å²) >= 11 is 1.78. The molecule has 7 nitrogen and oxygen atoms in total. The normalized spacial score (nSPS) is 35.1. The Morgan fingerprint density at radius 1 is 1.14 bits per heavy atom. The second-order valence-electron chi connectivity index (χ2n) is 12.5. The Morgan fingerprint density at radius 3 is 2.59 bits per heavy atom. The first kappa shape index (κ1) is 25.5. The van der Waals surface area contributed by atoms with E-state index in [-0.39, 0.29) is 23.8 Å². The number of hydrogen-bond donors (Lipinski definition) is 2. The molecule has 2 heterocycles. The van der Waals surface area contributed by atoms with Crippen LogP contribution in [0.5, 0.6) is 0 Å². The van der Waals surface area contributed by atoms with Crippen molar-refractivity contribution in [1.82, 2.24) is 10.3 Å². The van der Waals surface area contributed by atoms with Crippen LogP contribution in [-0.2, 0) is 9.53 Å². The third kappa shape index (κ3) is 5.38. The van der Waals surface area contributed by atoms with Crippen molar-refractivity contribution in [3.8, 4) is 0 Å². The molecular weight excluding hydrogens is 486 g/mol. The molecule has 5 saturated carbocycles. The molecule has 1 aliphatic heterocycles. The van der Waals surface area contributed by atoms with Crippen LogP contribution in [0.25, 0.3) is 0 Å². The maximum absolute atomic E-state index is 13.7. The summed E-state index contributed by atoms with van der Waals surface area (Å²) in [5.74, 6) is 2.41. The molecule has 1 aromatic rings. The van der Waals surface area contributed by atoms with Crippen molar-refractivity contribution in [1.29, 1.82) is 0 Å². The van der Waals surface area contributed by atoms with E-state index in [2.05, 4.69) is 10.2 Å². The zero-order chi connectivity index (χ0) is 25.6. The van der Waals surface area contributed by atoms with Gasteiger partial charge in [-0.1, -0.05) is 19.3 Å². The van der Waals surface area contributed by atoms with Gasteiger partial charge in [-0.15, -0.1) is 11.8 Å². The summed E-state index contributed by atoms with van der Waals surface area (Å²) in [6.07, 6.45) is 12.4. The van der Waals surface area contributed by atoms with Gasteiger partial charge in [-0.25, -0.2) is 4.98 Å². The summed E-state index contributed by atoms with van der Waals surface area (Å²) in [5, 5.41) is 15.7. The van der Waals surface area contributed by atoms with Crippen LogP contribution in [0.4, 0.5) is 5.82 Å². The molecule has 7 rings (SSSR count). The zero-order valence-electron chi connectivity index (χ0n) is 22.0. The van der Waals surface area contributed by atoms with Gasteiger partial charge < -0.3 is 20.1 Å². The topological polar surface area (TPSA) is 91.8 Å². The summed E-state index contributed by atoms with van der Waals surface area (Å²) in [6, 6.07) is 4.12. The molecule has 4 bridgehead atoms. The zero-order valence-corrected chi connectivity index (χ0v) is 22.8. The summed E-state index contributed by atoms with van der Waals surface area (Å²) in [7, 11) is 1.44. The molecule has 6 aliphatic rings. The van der Waals surface area contributed by atoms with Crippen LogP contribution < -0.4 is 10.2 Å². The average Bonchev–Trinajstić information content (AvgIpc) is 3.34. The molecule has 0 radical (unpaired) electrons. The molecule has 0 spiro atoms. The van der Waals surface area contributed by atoms with Crippen LogP contribution in [0.2, 0.25) is 0 Å². The number of aliphatic hydroxyl groups is 1. The van der Waals surface area contributed by atoms with E-state index in [9.17, 15) is 14.7 Å². The molecular formula is C29H41N3O4S. The second kappa shape index (κ2) is 10.4. The highest BCUT2D eigenvalue weighted by atomic mass is 32.2. The smallest absolute Gasteiger partial charge is 0.305 e. The predicted molar refractivity (Wildman–Crippen MR) is 144 cm³/mol. The predicted octanol–water partition coefficient (Wildman–Crippen LogP) is 4.57. The minimum Gasteiger partial charge on any atom is -0.469 e. The van der Waals surface area contributed by atoms with Crippen molar-refractivity contribution in [3.63, 3.8) is 0 Å². The Morgan fingerprint density at radius 2 is 1.89 bits per heavy atom. The number of nitrogens with one attached hydrogen (secondary N) is 1. The van der Waals surface area contributed by atoms with Gasteiger partial charge in [0.25, 0.3) is 5.91 Å². The lowest BCUT2D eigenvalue weighted by molar-refractivity contribution is -0.141. The van der Waals surface area contributed by atoms with Gasteiger partial charge in [0.15, 0.2) is 0 Å². The van der Waals surface area contributed by atoms with E-state index in [0.717, 1.165) is 62.5 Å². The SMILES string of the molecule is COC(=O)C[C@@H]1CCN(c2ccc(C(=O)N[C@H]3C4CC5CC3C[C@](O)(C5)C4)c(SC3CCCCC3)n2)C1. The van der Waals surface area contributed by atoms with Crippen LogP contribution in [0.1, 0.15) is 87.4 Å². The first-order chi connectivity index (χ1) is 17.9. The number of anilines is 1. The third-order valence-corrected chi connectivity index (χ3v) is 11.1. The number of rotatable bonds is 7. The van der Waals surface area contributed by atoms with Crippen molar-refractivity contribution in [2.45, 2.75) is 99.0 Å². The molecule has 2 N–H and O–H groups in total.